The Kier molecular flexibility index (Phi) is 2.36. The zero-order valence-corrected chi connectivity index (χ0v) is 7.63. The summed E-state index contributed by atoms with van der Waals surface area (Å²) in [5.74, 6) is -0.222. The maximum atomic E-state index is 10.8. The van der Waals surface area contributed by atoms with E-state index >= 15 is 0 Å². The van der Waals surface area contributed by atoms with E-state index in [1.54, 1.807) is 0 Å². The molecule has 0 spiro atoms. The second kappa shape index (κ2) is 3.13. The van der Waals surface area contributed by atoms with Gasteiger partial charge in [-0.1, -0.05) is 30.7 Å². The number of primary amides is 1. The third-order valence-electron chi connectivity index (χ3n) is 2.57. The van der Waals surface area contributed by atoms with Gasteiger partial charge in [0.2, 0.25) is 5.91 Å². The van der Waals surface area contributed by atoms with E-state index in [0.717, 1.165) is 6.42 Å². The first-order valence-electron chi connectivity index (χ1n) is 4.17. The molecule has 0 aliphatic heterocycles. The zero-order chi connectivity index (χ0) is 9.19. The lowest BCUT2D eigenvalue weighted by molar-refractivity contribution is -0.119. The van der Waals surface area contributed by atoms with Gasteiger partial charge in [0.15, 0.2) is 0 Å². The van der Waals surface area contributed by atoms with Crippen LogP contribution in [0.2, 0.25) is 0 Å². The predicted octanol–water partition coefficient (Wildman–Crippen LogP) is 1.77. The summed E-state index contributed by atoms with van der Waals surface area (Å²) in [6, 6.07) is 0. The van der Waals surface area contributed by atoms with Gasteiger partial charge in [0, 0.05) is 11.8 Å². The van der Waals surface area contributed by atoms with Gasteiger partial charge < -0.3 is 5.73 Å². The van der Waals surface area contributed by atoms with E-state index in [9.17, 15) is 4.79 Å². The van der Waals surface area contributed by atoms with Crippen LogP contribution < -0.4 is 5.73 Å². The molecule has 1 aliphatic rings. The molecule has 1 aliphatic carbocycles. The molecule has 0 saturated carbocycles. The van der Waals surface area contributed by atoms with Crippen molar-refractivity contribution in [1.29, 1.82) is 0 Å². The fourth-order valence-electron chi connectivity index (χ4n) is 1.50. The van der Waals surface area contributed by atoms with Gasteiger partial charge in [-0.25, -0.2) is 0 Å². The monoisotopic (exact) mass is 165 g/mol. The second-order valence-corrected chi connectivity index (χ2v) is 3.69. The zero-order valence-electron chi connectivity index (χ0n) is 7.63. The SMILES string of the molecule is CC1=CC=CCC1(C)CC(N)=O. The number of nitrogens with two attached hydrogens (primary N) is 1. The highest BCUT2D eigenvalue weighted by Gasteiger charge is 2.28. The summed E-state index contributed by atoms with van der Waals surface area (Å²) >= 11 is 0. The third kappa shape index (κ3) is 1.76. The topological polar surface area (TPSA) is 43.1 Å². The summed E-state index contributed by atoms with van der Waals surface area (Å²) in [5.41, 5.74) is 6.38. The first-order chi connectivity index (χ1) is 5.54. The van der Waals surface area contributed by atoms with Crippen LogP contribution in [0.15, 0.2) is 23.8 Å². The summed E-state index contributed by atoms with van der Waals surface area (Å²) in [6.07, 6.45) is 7.51. The Labute approximate surface area is 73.1 Å². The highest BCUT2D eigenvalue weighted by molar-refractivity contribution is 5.75. The molecule has 1 atom stereocenters. The highest BCUT2D eigenvalue weighted by atomic mass is 16.1. The lowest BCUT2D eigenvalue weighted by Crippen LogP contribution is -2.26. The molecule has 2 heteroatoms. The molecular weight excluding hydrogens is 150 g/mol. The van der Waals surface area contributed by atoms with E-state index < -0.39 is 0 Å². The molecule has 0 bridgehead atoms. The van der Waals surface area contributed by atoms with Crippen LogP contribution in [0.4, 0.5) is 0 Å². The van der Waals surface area contributed by atoms with Crippen molar-refractivity contribution >= 4 is 5.91 Å². The standard InChI is InChI=1S/C10H15NO/c1-8-5-3-4-6-10(8,2)7-9(11)12/h3-5H,6-7H2,1-2H3,(H2,11,12). The van der Waals surface area contributed by atoms with Gasteiger partial charge in [-0.3, -0.25) is 4.79 Å². The normalized spacial score (nSPS) is 28.3. The van der Waals surface area contributed by atoms with Crippen molar-refractivity contribution in [1.82, 2.24) is 0 Å². The van der Waals surface area contributed by atoms with Crippen molar-refractivity contribution < 1.29 is 4.79 Å². The van der Waals surface area contributed by atoms with E-state index in [1.807, 2.05) is 19.1 Å². The number of hydrogen-bond donors (Lipinski definition) is 1. The highest BCUT2D eigenvalue weighted by Crippen LogP contribution is 2.36. The van der Waals surface area contributed by atoms with Crippen LogP contribution in [-0.4, -0.2) is 5.91 Å². The predicted molar refractivity (Wildman–Crippen MR) is 49.4 cm³/mol. The van der Waals surface area contributed by atoms with Gasteiger partial charge in [0.1, 0.15) is 0 Å². The lowest BCUT2D eigenvalue weighted by Gasteiger charge is -2.30. The molecule has 0 aromatic rings. The summed E-state index contributed by atoms with van der Waals surface area (Å²) in [5, 5.41) is 0. The Morgan fingerprint density at radius 3 is 2.92 bits per heavy atom. The Morgan fingerprint density at radius 2 is 2.42 bits per heavy atom. The minimum atomic E-state index is -0.222. The number of hydrogen-bond acceptors (Lipinski definition) is 1. The molecule has 0 heterocycles. The Hall–Kier alpha value is -1.05. The lowest BCUT2D eigenvalue weighted by atomic mass is 9.74. The average Bonchev–Trinajstić information content (AvgIpc) is 1.94. The molecule has 0 aromatic heterocycles. The molecule has 66 valence electrons. The molecule has 0 fully saturated rings. The van der Waals surface area contributed by atoms with Crippen LogP contribution in [0, 0.1) is 5.41 Å². The largest absolute Gasteiger partial charge is 0.370 e. The van der Waals surface area contributed by atoms with Crippen molar-refractivity contribution in [3.8, 4) is 0 Å². The first-order valence-corrected chi connectivity index (χ1v) is 4.17. The van der Waals surface area contributed by atoms with Gasteiger partial charge in [0.05, 0.1) is 0 Å². The number of rotatable bonds is 2. The van der Waals surface area contributed by atoms with E-state index in [2.05, 4.69) is 13.0 Å². The Balaban J connectivity index is 2.78. The summed E-state index contributed by atoms with van der Waals surface area (Å²) in [6.45, 7) is 4.12. The van der Waals surface area contributed by atoms with Gasteiger partial charge in [0.25, 0.3) is 0 Å². The smallest absolute Gasteiger partial charge is 0.218 e. The second-order valence-electron chi connectivity index (χ2n) is 3.69. The molecule has 0 saturated heterocycles. The number of amides is 1. The van der Waals surface area contributed by atoms with Crippen molar-refractivity contribution in [2.24, 2.45) is 11.1 Å². The van der Waals surface area contributed by atoms with Crippen LogP contribution >= 0.6 is 0 Å². The van der Waals surface area contributed by atoms with E-state index in [-0.39, 0.29) is 11.3 Å². The summed E-state index contributed by atoms with van der Waals surface area (Å²) < 4.78 is 0. The molecule has 2 N–H and O–H groups in total. The maximum Gasteiger partial charge on any atom is 0.218 e. The minimum absolute atomic E-state index is 0.0411. The molecule has 0 radical (unpaired) electrons. The molecule has 2 nitrogen and oxygen atoms in total. The molecular formula is C10H15NO. The fourth-order valence-corrected chi connectivity index (χ4v) is 1.50. The summed E-state index contributed by atoms with van der Waals surface area (Å²) in [7, 11) is 0. The van der Waals surface area contributed by atoms with Crippen LogP contribution in [0.3, 0.4) is 0 Å². The minimum Gasteiger partial charge on any atom is -0.370 e. The van der Waals surface area contributed by atoms with Crippen molar-refractivity contribution in [3.05, 3.63) is 23.8 Å². The van der Waals surface area contributed by atoms with Crippen LogP contribution in [-0.2, 0) is 4.79 Å². The quantitative estimate of drug-likeness (QED) is 0.665. The van der Waals surface area contributed by atoms with Gasteiger partial charge >= 0.3 is 0 Å². The van der Waals surface area contributed by atoms with Crippen molar-refractivity contribution in [2.45, 2.75) is 26.7 Å². The van der Waals surface area contributed by atoms with E-state index in [4.69, 9.17) is 5.73 Å². The molecule has 12 heavy (non-hydrogen) atoms. The Morgan fingerprint density at radius 1 is 1.75 bits per heavy atom. The van der Waals surface area contributed by atoms with Gasteiger partial charge in [-0.2, -0.15) is 0 Å². The van der Waals surface area contributed by atoms with Crippen LogP contribution in [0.25, 0.3) is 0 Å². The van der Waals surface area contributed by atoms with Crippen LogP contribution in [0.5, 0.6) is 0 Å². The molecule has 1 amide bonds. The first kappa shape index (κ1) is 9.04. The van der Waals surface area contributed by atoms with E-state index in [1.165, 1.54) is 5.57 Å². The fraction of sp³-hybridized carbons (Fsp3) is 0.500. The Bertz CT molecular complexity index is 253. The van der Waals surface area contributed by atoms with Gasteiger partial charge in [-0.05, 0) is 13.3 Å². The van der Waals surface area contributed by atoms with E-state index in [0.29, 0.717) is 6.42 Å². The number of carbonyl (C=O) groups is 1. The maximum absolute atomic E-state index is 10.8. The molecule has 0 aromatic carbocycles. The van der Waals surface area contributed by atoms with Crippen molar-refractivity contribution in [2.75, 3.05) is 0 Å². The van der Waals surface area contributed by atoms with Gasteiger partial charge in [-0.15, -0.1) is 0 Å². The molecule has 1 unspecified atom stereocenters. The van der Waals surface area contributed by atoms with Crippen LogP contribution in [0.1, 0.15) is 26.7 Å². The molecule has 1 rings (SSSR count). The number of carbonyl (C=O) groups excluding carboxylic acids is 1. The number of allylic oxidation sites excluding steroid dienone is 4. The summed E-state index contributed by atoms with van der Waals surface area (Å²) in [4.78, 5) is 10.8. The average molecular weight is 165 g/mol. The third-order valence-corrected chi connectivity index (χ3v) is 2.57. The van der Waals surface area contributed by atoms with Crippen molar-refractivity contribution in [3.63, 3.8) is 0 Å².